The normalized spacial score (nSPS) is 11.9. The van der Waals surface area contributed by atoms with Crippen LogP contribution in [0.2, 0.25) is 0 Å². The lowest BCUT2D eigenvalue weighted by Gasteiger charge is -2.11. The molecule has 0 heterocycles. The third-order valence-corrected chi connectivity index (χ3v) is 2.83. The second kappa shape index (κ2) is 5.34. The first kappa shape index (κ1) is 15.1. The summed E-state index contributed by atoms with van der Waals surface area (Å²) in [5.41, 5.74) is -0.233. The molecule has 1 aromatic carbocycles. The highest BCUT2D eigenvalue weighted by molar-refractivity contribution is 7.93. The molecule has 0 fully saturated rings. The molecule has 0 saturated heterocycles. The number of aliphatic carboxylic acids is 1. The van der Waals surface area contributed by atoms with Crippen molar-refractivity contribution in [1.82, 2.24) is 0 Å². The van der Waals surface area contributed by atoms with Crippen LogP contribution in [0.25, 0.3) is 0 Å². The highest BCUT2D eigenvalue weighted by atomic mass is 32.2. The summed E-state index contributed by atoms with van der Waals surface area (Å²) in [5.74, 6) is -3.41. The van der Waals surface area contributed by atoms with Crippen LogP contribution < -0.4 is 9.46 Å². The number of ether oxygens (including phenoxy) is 1. The maximum Gasteiger partial charge on any atom is 0.573 e. The number of carboxylic acids is 1. The molecule has 0 aromatic heterocycles. The summed E-state index contributed by atoms with van der Waals surface area (Å²) in [5, 5.41) is 8.34. The van der Waals surface area contributed by atoms with Gasteiger partial charge >= 0.3 is 12.3 Å². The molecule has 0 spiro atoms. The van der Waals surface area contributed by atoms with Crippen molar-refractivity contribution in [3.8, 4) is 5.75 Å². The number of anilines is 1. The predicted molar refractivity (Wildman–Crippen MR) is 58.2 cm³/mol. The van der Waals surface area contributed by atoms with Crippen LogP contribution in [-0.2, 0) is 14.8 Å². The van der Waals surface area contributed by atoms with Crippen LogP contribution in [-0.4, -0.2) is 31.6 Å². The molecule has 0 radical (unpaired) electrons. The van der Waals surface area contributed by atoms with Gasteiger partial charge in [0.05, 0.1) is 5.69 Å². The van der Waals surface area contributed by atoms with Crippen LogP contribution in [0.3, 0.4) is 0 Å². The topological polar surface area (TPSA) is 92.7 Å². The lowest BCUT2D eigenvalue weighted by Crippen LogP contribution is -2.22. The summed E-state index contributed by atoms with van der Waals surface area (Å²) >= 11 is 0. The molecular formula is C9H8F3NO5S. The Balaban J connectivity index is 2.86. The van der Waals surface area contributed by atoms with Crippen LogP contribution in [0.5, 0.6) is 5.75 Å². The van der Waals surface area contributed by atoms with Crippen molar-refractivity contribution >= 4 is 21.7 Å². The van der Waals surface area contributed by atoms with Crippen molar-refractivity contribution < 1.29 is 36.2 Å². The number of rotatable bonds is 5. The van der Waals surface area contributed by atoms with E-state index in [2.05, 4.69) is 4.74 Å². The lowest BCUT2D eigenvalue weighted by molar-refractivity contribution is -0.274. The molecule has 0 aliphatic heterocycles. The van der Waals surface area contributed by atoms with E-state index in [9.17, 15) is 26.4 Å². The van der Waals surface area contributed by atoms with Crippen LogP contribution in [0.4, 0.5) is 18.9 Å². The number of benzene rings is 1. The van der Waals surface area contributed by atoms with Gasteiger partial charge in [0.15, 0.2) is 5.75 Å². The minimum absolute atomic E-state index is 0.233. The second-order valence-corrected chi connectivity index (χ2v) is 5.05. The molecule has 106 valence electrons. The maximum absolute atomic E-state index is 11.9. The highest BCUT2D eigenvalue weighted by Gasteiger charge is 2.31. The molecule has 0 bridgehead atoms. The molecule has 0 saturated carbocycles. The van der Waals surface area contributed by atoms with Crippen molar-refractivity contribution in [1.29, 1.82) is 0 Å². The molecule has 2 N–H and O–H groups in total. The fourth-order valence-corrected chi connectivity index (χ4v) is 2.02. The Morgan fingerprint density at radius 3 is 2.53 bits per heavy atom. The van der Waals surface area contributed by atoms with E-state index in [1.165, 1.54) is 0 Å². The van der Waals surface area contributed by atoms with E-state index >= 15 is 0 Å². The fourth-order valence-electron chi connectivity index (χ4n) is 1.13. The van der Waals surface area contributed by atoms with E-state index in [1.54, 1.807) is 0 Å². The Bertz CT molecular complexity index is 569. The van der Waals surface area contributed by atoms with Gasteiger partial charge in [0.25, 0.3) is 0 Å². The summed E-state index contributed by atoms with van der Waals surface area (Å²) in [6, 6.07) is 4.04. The van der Waals surface area contributed by atoms with Gasteiger partial charge < -0.3 is 9.84 Å². The van der Waals surface area contributed by atoms with E-state index in [4.69, 9.17) is 5.11 Å². The van der Waals surface area contributed by atoms with Crippen molar-refractivity contribution in [3.63, 3.8) is 0 Å². The van der Waals surface area contributed by atoms with Gasteiger partial charge in [0.2, 0.25) is 10.0 Å². The zero-order valence-corrected chi connectivity index (χ0v) is 9.96. The first-order valence-electron chi connectivity index (χ1n) is 4.65. The summed E-state index contributed by atoms with van der Waals surface area (Å²) in [7, 11) is -4.18. The van der Waals surface area contributed by atoms with Crippen LogP contribution in [0.15, 0.2) is 24.3 Å². The molecule has 6 nitrogen and oxygen atoms in total. The van der Waals surface area contributed by atoms with Crippen LogP contribution in [0.1, 0.15) is 0 Å². The van der Waals surface area contributed by atoms with Crippen molar-refractivity contribution in [3.05, 3.63) is 24.3 Å². The van der Waals surface area contributed by atoms with Gasteiger partial charge in [-0.05, 0) is 12.1 Å². The zero-order valence-electron chi connectivity index (χ0n) is 9.14. The Labute approximate surface area is 105 Å². The van der Waals surface area contributed by atoms with Crippen molar-refractivity contribution in [2.45, 2.75) is 6.36 Å². The number of hydrogen-bond donors (Lipinski definition) is 2. The molecule has 0 unspecified atom stereocenters. The van der Waals surface area contributed by atoms with E-state index in [0.29, 0.717) is 0 Å². The van der Waals surface area contributed by atoms with Gasteiger partial charge in [-0.2, -0.15) is 0 Å². The average Bonchev–Trinajstić information content (AvgIpc) is 2.11. The fraction of sp³-hybridized carbons (Fsp3) is 0.222. The number of carbonyl (C=O) groups is 1. The molecule has 19 heavy (non-hydrogen) atoms. The van der Waals surface area contributed by atoms with E-state index in [0.717, 1.165) is 24.3 Å². The highest BCUT2D eigenvalue weighted by Crippen LogP contribution is 2.25. The number of sulfonamides is 1. The standard InChI is InChI=1S/C9H8F3NO5S/c10-9(11,12)18-7-3-1-2-6(4-7)13-19(16,17)5-8(14)15/h1-4,13H,5H2,(H,14,15). The van der Waals surface area contributed by atoms with Gasteiger partial charge in [-0.25, -0.2) is 8.42 Å². The molecule has 1 rings (SSSR count). The van der Waals surface area contributed by atoms with E-state index in [1.807, 2.05) is 4.72 Å². The minimum Gasteiger partial charge on any atom is -0.480 e. The Kier molecular flexibility index (Phi) is 4.24. The zero-order chi connectivity index (χ0) is 14.7. The Morgan fingerprint density at radius 2 is 2.00 bits per heavy atom. The average molecular weight is 299 g/mol. The predicted octanol–water partition coefficient (Wildman–Crippen LogP) is 1.41. The quantitative estimate of drug-likeness (QED) is 0.857. The largest absolute Gasteiger partial charge is 0.573 e. The number of hydrogen-bond acceptors (Lipinski definition) is 4. The maximum atomic E-state index is 11.9. The van der Waals surface area contributed by atoms with Crippen molar-refractivity contribution in [2.75, 3.05) is 10.5 Å². The van der Waals surface area contributed by atoms with Gasteiger partial charge in [0, 0.05) is 6.07 Å². The van der Waals surface area contributed by atoms with Gasteiger partial charge in [-0.1, -0.05) is 6.07 Å². The van der Waals surface area contributed by atoms with Gasteiger partial charge in [-0.15, -0.1) is 13.2 Å². The smallest absolute Gasteiger partial charge is 0.480 e. The van der Waals surface area contributed by atoms with E-state index in [-0.39, 0.29) is 5.69 Å². The second-order valence-electron chi connectivity index (χ2n) is 3.33. The summed E-state index contributed by atoms with van der Waals surface area (Å²) in [6.45, 7) is 0. The molecule has 0 amide bonds. The Hall–Kier alpha value is -1.97. The minimum atomic E-state index is -4.90. The number of nitrogens with one attached hydrogen (secondary N) is 1. The van der Waals surface area contributed by atoms with E-state index < -0.39 is 33.9 Å². The SMILES string of the molecule is O=C(O)CS(=O)(=O)Nc1cccc(OC(F)(F)F)c1. The lowest BCUT2D eigenvalue weighted by atomic mass is 10.3. The molecular weight excluding hydrogens is 291 g/mol. The molecule has 0 aliphatic carbocycles. The Morgan fingerprint density at radius 1 is 1.37 bits per heavy atom. The monoisotopic (exact) mass is 299 g/mol. The van der Waals surface area contributed by atoms with Crippen LogP contribution in [0, 0.1) is 0 Å². The number of halogens is 3. The van der Waals surface area contributed by atoms with Gasteiger partial charge in [0.1, 0.15) is 5.75 Å². The molecule has 10 heteroatoms. The first-order chi connectivity index (χ1) is 8.57. The first-order valence-corrected chi connectivity index (χ1v) is 6.31. The number of carboxylic acid groups (broad SMARTS) is 1. The molecule has 0 aliphatic rings. The number of alkyl halides is 3. The van der Waals surface area contributed by atoms with Gasteiger partial charge in [-0.3, -0.25) is 9.52 Å². The molecule has 0 atom stereocenters. The summed E-state index contributed by atoms with van der Waals surface area (Å²) < 4.78 is 63.7. The molecule has 1 aromatic rings. The summed E-state index contributed by atoms with van der Waals surface area (Å²) in [4.78, 5) is 10.3. The summed E-state index contributed by atoms with van der Waals surface area (Å²) in [6.07, 6.45) is -4.90. The van der Waals surface area contributed by atoms with Crippen LogP contribution >= 0.6 is 0 Å². The van der Waals surface area contributed by atoms with Crippen molar-refractivity contribution in [2.24, 2.45) is 0 Å². The third-order valence-electron chi connectivity index (χ3n) is 1.65. The third kappa shape index (κ3) is 5.95.